The highest BCUT2D eigenvalue weighted by molar-refractivity contribution is 5.38. The number of nitrogens with zero attached hydrogens (tertiary/aromatic N) is 2. The zero-order valence-corrected chi connectivity index (χ0v) is 7.25. The maximum Gasteiger partial charge on any atom is 0.406 e. The average Bonchev–Trinajstić information content (AvgIpc) is 2.98. The largest absolute Gasteiger partial charge is 0.483 e. The van der Waals surface area contributed by atoms with E-state index in [9.17, 15) is 10.1 Å². The zero-order chi connectivity index (χ0) is 9.97. The zero-order valence-electron chi connectivity index (χ0n) is 7.25. The number of rotatable bonds is 4. The highest BCUT2D eigenvalue weighted by Crippen LogP contribution is 2.24. The van der Waals surface area contributed by atoms with Crippen LogP contribution in [0.3, 0.4) is 0 Å². The molecule has 2 heterocycles. The summed E-state index contributed by atoms with van der Waals surface area (Å²) in [4.78, 5) is 13.6. The fraction of sp³-hybridized carbons (Fsp3) is 0.375. The van der Waals surface area contributed by atoms with E-state index in [1.807, 2.05) is 0 Å². The van der Waals surface area contributed by atoms with Gasteiger partial charge >= 0.3 is 5.82 Å². The molecule has 0 aromatic carbocycles. The van der Waals surface area contributed by atoms with Crippen LogP contribution in [-0.2, 0) is 4.74 Å². The molecule has 1 aromatic heterocycles. The van der Waals surface area contributed by atoms with Crippen LogP contribution in [0.1, 0.15) is 0 Å². The van der Waals surface area contributed by atoms with Crippen molar-refractivity contribution in [3.8, 4) is 5.75 Å². The van der Waals surface area contributed by atoms with Crippen LogP contribution in [0.5, 0.6) is 5.75 Å². The first-order valence-electron chi connectivity index (χ1n) is 4.11. The van der Waals surface area contributed by atoms with Gasteiger partial charge in [0.15, 0.2) is 0 Å². The van der Waals surface area contributed by atoms with Crippen molar-refractivity contribution in [2.45, 2.75) is 6.10 Å². The minimum absolute atomic E-state index is 0.0785. The summed E-state index contributed by atoms with van der Waals surface area (Å²) in [6.45, 7) is 1.00. The summed E-state index contributed by atoms with van der Waals surface area (Å²) in [5.41, 5.74) is 0. The third kappa shape index (κ3) is 1.97. The van der Waals surface area contributed by atoms with Crippen LogP contribution in [0.25, 0.3) is 0 Å². The lowest BCUT2D eigenvalue weighted by Crippen LogP contribution is -2.06. The first kappa shape index (κ1) is 8.89. The van der Waals surface area contributed by atoms with Gasteiger partial charge in [0, 0.05) is 0 Å². The predicted molar refractivity (Wildman–Crippen MR) is 46.1 cm³/mol. The number of hydrogen-bond donors (Lipinski definition) is 0. The molecule has 1 aliphatic rings. The fourth-order valence-electron chi connectivity index (χ4n) is 0.979. The van der Waals surface area contributed by atoms with E-state index < -0.39 is 4.92 Å². The number of ether oxygens (including phenoxy) is 2. The van der Waals surface area contributed by atoms with Crippen molar-refractivity contribution in [3.63, 3.8) is 0 Å². The van der Waals surface area contributed by atoms with Gasteiger partial charge in [-0.15, -0.1) is 0 Å². The summed E-state index contributed by atoms with van der Waals surface area (Å²) in [5.74, 6) is -0.0684. The predicted octanol–water partition coefficient (Wildman–Crippen LogP) is 0.767. The van der Waals surface area contributed by atoms with Crippen molar-refractivity contribution in [2.75, 3.05) is 13.2 Å². The van der Waals surface area contributed by atoms with Gasteiger partial charge in [-0.3, -0.25) is 0 Å². The van der Waals surface area contributed by atoms with Gasteiger partial charge in [0.25, 0.3) is 0 Å². The minimum atomic E-state index is -0.566. The van der Waals surface area contributed by atoms with Crippen molar-refractivity contribution >= 4 is 5.82 Å². The first-order valence-corrected chi connectivity index (χ1v) is 4.11. The number of nitro groups is 1. The van der Waals surface area contributed by atoms with E-state index in [4.69, 9.17) is 9.47 Å². The summed E-state index contributed by atoms with van der Waals surface area (Å²) in [5, 5.41) is 10.5. The van der Waals surface area contributed by atoms with Crippen molar-refractivity contribution in [1.29, 1.82) is 0 Å². The molecule has 0 amide bonds. The Balaban J connectivity index is 2.09. The summed E-state index contributed by atoms with van der Waals surface area (Å²) in [6.07, 6.45) is 1.44. The number of epoxide rings is 1. The van der Waals surface area contributed by atoms with Crippen LogP contribution >= 0.6 is 0 Å². The average molecular weight is 196 g/mol. The molecule has 1 aromatic rings. The minimum Gasteiger partial charge on any atom is -0.483 e. The molecule has 1 fully saturated rings. The van der Waals surface area contributed by atoms with Crippen molar-refractivity contribution in [2.24, 2.45) is 0 Å². The Hall–Kier alpha value is -1.69. The molecule has 14 heavy (non-hydrogen) atoms. The van der Waals surface area contributed by atoms with Gasteiger partial charge in [-0.05, 0) is 22.0 Å². The highest BCUT2D eigenvalue weighted by atomic mass is 16.6. The molecule has 6 nitrogen and oxygen atoms in total. The topological polar surface area (TPSA) is 77.8 Å². The Bertz CT molecular complexity index is 351. The Morgan fingerprint density at radius 1 is 1.79 bits per heavy atom. The van der Waals surface area contributed by atoms with Crippen molar-refractivity contribution in [3.05, 3.63) is 28.4 Å². The molecule has 2 rings (SSSR count). The third-order valence-electron chi connectivity index (χ3n) is 1.75. The van der Waals surface area contributed by atoms with Crippen LogP contribution in [0, 0.1) is 10.1 Å². The molecule has 1 aliphatic heterocycles. The number of hydrogen-bond acceptors (Lipinski definition) is 5. The molecule has 74 valence electrons. The smallest absolute Gasteiger partial charge is 0.406 e. The van der Waals surface area contributed by atoms with Crippen LogP contribution in [-0.4, -0.2) is 29.2 Å². The van der Waals surface area contributed by atoms with E-state index in [1.54, 1.807) is 6.07 Å². The third-order valence-corrected chi connectivity index (χ3v) is 1.75. The first-order chi connectivity index (χ1) is 6.77. The number of pyridine rings is 1. The van der Waals surface area contributed by atoms with Gasteiger partial charge in [0.2, 0.25) is 5.75 Å². The van der Waals surface area contributed by atoms with Crippen LogP contribution in [0.15, 0.2) is 18.3 Å². The molecule has 1 atom stereocenters. The van der Waals surface area contributed by atoms with Gasteiger partial charge in [-0.25, -0.2) is 0 Å². The van der Waals surface area contributed by atoms with Crippen LogP contribution in [0.2, 0.25) is 0 Å². The van der Waals surface area contributed by atoms with E-state index in [-0.39, 0.29) is 17.7 Å². The quantitative estimate of drug-likeness (QED) is 0.403. The molecular weight excluding hydrogens is 188 g/mol. The van der Waals surface area contributed by atoms with E-state index in [1.165, 1.54) is 12.3 Å². The molecule has 0 spiro atoms. The lowest BCUT2D eigenvalue weighted by Gasteiger charge is -2.02. The van der Waals surface area contributed by atoms with E-state index in [2.05, 4.69) is 4.98 Å². The highest BCUT2D eigenvalue weighted by Gasteiger charge is 2.25. The van der Waals surface area contributed by atoms with Gasteiger partial charge in [-0.1, -0.05) is 0 Å². The molecule has 0 radical (unpaired) electrons. The monoisotopic (exact) mass is 196 g/mol. The molecule has 0 N–H and O–H groups in total. The normalized spacial score (nSPS) is 19.0. The molecule has 0 bridgehead atoms. The maximum absolute atomic E-state index is 10.5. The van der Waals surface area contributed by atoms with Gasteiger partial charge in [0.1, 0.15) is 18.9 Å². The Kier molecular flexibility index (Phi) is 2.28. The SMILES string of the molecule is O=[N+]([O-])c1ncccc1OC[C@@H]1CO1. The molecule has 0 aliphatic carbocycles. The summed E-state index contributed by atoms with van der Waals surface area (Å²) in [7, 11) is 0. The maximum atomic E-state index is 10.5. The fourth-order valence-corrected chi connectivity index (χ4v) is 0.979. The lowest BCUT2D eigenvalue weighted by molar-refractivity contribution is -0.390. The summed E-state index contributed by atoms with van der Waals surface area (Å²) in [6, 6.07) is 3.11. The van der Waals surface area contributed by atoms with Crippen LogP contribution < -0.4 is 4.74 Å². The van der Waals surface area contributed by atoms with Crippen molar-refractivity contribution in [1.82, 2.24) is 4.98 Å². The van der Waals surface area contributed by atoms with E-state index in [0.29, 0.717) is 13.2 Å². The molecule has 0 saturated carbocycles. The standard InChI is InChI=1S/C8H8N2O4/c11-10(12)8-7(2-1-3-9-8)14-5-6-4-13-6/h1-3,6H,4-5H2/t6-/m0/s1. The van der Waals surface area contributed by atoms with Crippen LogP contribution in [0.4, 0.5) is 5.82 Å². The second-order valence-electron chi connectivity index (χ2n) is 2.85. The van der Waals surface area contributed by atoms with Crippen molar-refractivity contribution < 1.29 is 14.4 Å². The Morgan fingerprint density at radius 2 is 2.57 bits per heavy atom. The Morgan fingerprint density at radius 3 is 3.21 bits per heavy atom. The Labute approximate surface area is 79.6 Å². The summed E-state index contributed by atoms with van der Waals surface area (Å²) < 4.78 is 10.1. The molecule has 0 unspecified atom stereocenters. The second kappa shape index (κ2) is 3.59. The van der Waals surface area contributed by atoms with Gasteiger partial charge in [0.05, 0.1) is 6.61 Å². The molecule has 1 saturated heterocycles. The molecular formula is C8H8N2O4. The number of aromatic nitrogens is 1. The van der Waals surface area contributed by atoms with Gasteiger partial charge < -0.3 is 19.6 Å². The van der Waals surface area contributed by atoms with Gasteiger partial charge in [-0.2, -0.15) is 0 Å². The van der Waals surface area contributed by atoms with E-state index in [0.717, 1.165) is 0 Å². The lowest BCUT2D eigenvalue weighted by atomic mass is 10.4. The second-order valence-corrected chi connectivity index (χ2v) is 2.85. The molecule has 6 heteroatoms. The summed E-state index contributed by atoms with van der Waals surface area (Å²) >= 11 is 0. The van der Waals surface area contributed by atoms with E-state index >= 15 is 0 Å².